The van der Waals surface area contributed by atoms with Gasteiger partial charge in [0.05, 0.1) is 13.1 Å². The van der Waals surface area contributed by atoms with Crippen LogP contribution >= 0.6 is 0 Å². The van der Waals surface area contributed by atoms with Crippen molar-refractivity contribution in [1.29, 1.82) is 0 Å². The second-order valence-corrected chi connectivity index (χ2v) is 5.54. The molecule has 0 aliphatic carbocycles. The maximum Gasteiger partial charge on any atom is 0.328 e. The molecule has 0 bridgehead atoms. The van der Waals surface area contributed by atoms with Gasteiger partial charge < -0.3 is 10.0 Å². The molecule has 0 saturated carbocycles. The molecule has 6 heteroatoms. The Morgan fingerprint density at radius 2 is 1.74 bits per heavy atom. The van der Waals surface area contributed by atoms with Gasteiger partial charge in [0.2, 0.25) is 5.91 Å². The molecule has 2 heterocycles. The molecule has 2 aliphatic rings. The van der Waals surface area contributed by atoms with E-state index >= 15 is 0 Å². The molecule has 2 aliphatic heterocycles. The fourth-order valence-corrected chi connectivity index (χ4v) is 2.32. The van der Waals surface area contributed by atoms with Gasteiger partial charge in [-0.1, -0.05) is 11.8 Å². The highest BCUT2D eigenvalue weighted by atomic mass is 16.4. The number of carbonyl (C=O) groups excluding carboxylic acids is 2. The molecule has 0 atom stereocenters. The number of carboxylic acids is 1. The summed E-state index contributed by atoms with van der Waals surface area (Å²) in [6, 6.07) is 0. The van der Waals surface area contributed by atoms with Crippen molar-refractivity contribution < 1.29 is 19.5 Å². The normalized spacial score (nSPS) is 17.6. The van der Waals surface area contributed by atoms with Crippen LogP contribution in [0.15, 0.2) is 12.2 Å². The summed E-state index contributed by atoms with van der Waals surface area (Å²) in [6.45, 7) is 6.08. The molecule has 23 heavy (non-hydrogen) atoms. The number of amides is 1. The molecule has 0 aromatic rings. The Labute approximate surface area is 137 Å². The van der Waals surface area contributed by atoms with Crippen molar-refractivity contribution in [2.75, 3.05) is 32.7 Å². The summed E-state index contributed by atoms with van der Waals surface area (Å²) in [5.74, 6) is 5.17. The number of likely N-dealkylation sites (tertiary alicyclic amines) is 2. The number of nitrogens with zero attached hydrogens (tertiary/aromatic N) is 2. The zero-order valence-electron chi connectivity index (χ0n) is 13.6. The minimum absolute atomic E-state index is 0.257. The van der Waals surface area contributed by atoms with Crippen molar-refractivity contribution >= 4 is 17.7 Å². The highest BCUT2D eigenvalue weighted by Gasteiger charge is 2.18. The Hall–Kier alpha value is -2.13. The number of ketones is 1. The second kappa shape index (κ2) is 10.6. The van der Waals surface area contributed by atoms with Crippen molar-refractivity contribution in [3.05, 3.63) is 12.2 Å². The fraction of sp³-hybridized carbons (Fsp3) is 0.588. The van der Waals surface area contributed by atoms with E-state index in [0.29, 0.717) is 13.0 Å². The number of carbonyl (C=O) groups is 3. The van der Waals surface area contributed by atoms with Crippen LogP contribution in [0.3, 0.4) is 0 Å². The quantitative estimate of drug-likeness (QED) is 0.616. The van der Waals surface area contributed by atoms with Crippen LogP contribution in [0.4, 0.5) is 0 Å². The lowest BCUT2D eigenvalue weighted by Gasteiger charge is -2.11. The molecule has 0 aromatic heterocycles. The molecular weight excluding hydrogens is 296 g/mol. The van der Waals surface area contributed by atoms with Gasteiger partial charge in [-0.15, -0.1) is 0 Å². The summed E-state index contributed by atoms with van der Waals surface area (Å²) < 4.78 is 0. The average molecular weight is 320 g/mol. The summed E-state index contributed by atoms with van der Waals surface area (Å²) in [4.78, 5) is 35.2. The SMILES string of the molecule is CC(=O)/C=C/C(=O)O.O=C1CCCN1CC#CCN1CCCC1. The molecule has 0 unspecified atom stereocenters. The lowest BCUT2D eigenvalue weighted by Crippen LogP contribution is -2.25. The van der Waals surface area contributed by atoms with Crippen molar-refractivity contribution in [2.45, 2.75) is 32.6 Å². The smallest absolute Gasteiger partial charge is 0.328 e. The minimum atomic E-state index is -1.10. The zero-order valence-corrected chi connectivity index (χ0v) is 13.6. The van der Waals surface area contributed by atoms with Crippen LogP contribution in [0.25, 0.3) is 0 Å². The zero-order chi connectivity index (χ0) is 17.1. The summed E-state index contributed by atoms with van der Waals surface area (Å²) in [6.07, 6.45) is 6.16. The predicted octanol–water partition coefficient (Wildman–Crippen LogP) is 0.924. The van der Waals surface area contributed by atoms with E-state index < -0.39 is 5.97 Å². The first-order valence-electron chi connectivity index (χ1n) is 7.86. The van der Waals surface area contributed by atoms with E-state index in [9.17, 15) is 14.4 Å². The molecular formula is C17H24N2O4. The molecule has 126 valence electrons. The molecule has 1 N–H and O–H groups in total. The number of rotatable bonds is 4. The van der Waals surface area contributed by atoms with Crippen LogP contribution < -0.4 is 0 Å². The molecule has 0 radical (unpaired) electrons. The van der Waals surface area contributed by atoms with Gasteiger partial charge in [0.1, 0.15) is 0 Å². The van der Waals surface area contributed by atoms with Crippen LogP contribution in [-0.4, -0.2) is 65.3 Å². The molecule has 6 nitrogen and oxygen atoms in total. The van der Waals surface area contributed by atoms with Gasteiger partial charge >= 0.3 is 5.97 Å². The first-order valence-corrected chi connectivity index (χ1v) is 7.86. The number of hydrogen-bond donors (Lipinski definition) is 1. The minimum Gasteiger partial charge on any atom is -0.478 e. The van der Waals surface area contributed by atoms with Crippen molar-refractivity contribution in [3.8, 4) is 11.8 Å². The third-order valence-corrected chi connectivity index (χ3v) is 3.53. The second-order valence-electron chi connectivity index (χ2n) is 5.54. The van der Waals surface area contributed by atoms with E-state index in [1.54, 1.807) is 0 Å². The Morgan fingerprint density at radius 1 is 1.09 bits per heavy atom. The number of carboxylic acid groups (broad SMARTS) is 1. The van der Waals surface area contributed by atoms with Crippen LogP contribution in [0.1, 0.15) is 32.6 Å². The first kappa shape index (κ1) is 18.9. The number of allylic oxidation sites excluding steroid dienone is 1. The summed E-state index contributed by atoms with van der Waals surface area (Å²) in [7, 11) is 0. The van der Waals surface area contributed by atoms with E-state index in [2.05, 4.69) is 16.7 Å². The third-order valence-electron chi connectivity index (χ3n) is 3.53. The Morgan fingerprint density at radius 3 is 2.22 bits per heavy atom. The van der Waals surface area contributed by atoms with Gasteiger partial charge in [-0.2, -0.15) is 0 Å². The third kappa shape index (κ3) is 8.79. The Balaban J connectivity index is 0.000000284. The summed E-state index contributed by atoms with van der Waals surface area (Å²) in [5, 5.41) is 7.92. The van der Waals surface area contributed by atoms with Crippen LogP contribution in [-0.2, 0) is 14.4 Å². The van der Waals surface area contributed by atoms with E-state index in [1.807, 2.05) is 4.90 Å². The summed E-state index contributed by atoms with van der Waals surface area (Å²) >= 11 is 0. The maximum atomic E-state index is 11.3. The maximum absolute atomic E-state index is 11.3. The fourth-order valence-electron chi connectivity index (χ4n) is 2.32. The highest BCUT2D eigenvalue weighted by Crippen LogP contribution is 2.08. The van der Waals surface area contributed by atoms with E-state index in [1.165, 1.54) is 32.9 Å². The van der Waals surface area contributed by atoms with Gasteiger partial charge in [-0.05, 0) is 45.4 Å². The monoisotopic (exact) mass is 320 g/mol. The van der Waals surface area contributed by atoms with Crippen molar-refractivity contribution in [3.63, 3.8) is 0 Å². The van der Waals surface area contributed by atoms with E-state index in [-0.39, 0.29) is 11.7 Å². The molecule has 0 spiro atoms. The number of aliphatic carboxylic acids is 1. The predicted molar refractivity (Wildman–Crippen MR) is 86.7 cm³/mol. The molecule has 2 fully saturated rings. The number of hydrogen-bond acceptors (Lipinski definition) is 4. The van der Waals surface area contributed by atoms with Gasteiger partial charge in [0.25, 0.3) is 0 Å². The van der Waals surface area contributed by atoms with E-state index in [0.717, 1.165) is 31.7 Å². The largest absolute Gasteiger partial charge is 0.478 e. The standard InChI is InChI=1S/C12H18N2O.C5H6O3/c15-12-6-5-11-14(12)10-4-3-9-13-7-1-2-8-13;1-4(6)2-3-5(7)8/h1-2,5-11H2;2-3H,1H3,(H,7,8)/b;3-2+. The Bertz CT molecular complexity index is 494. The average Bonchev–Trinajstić information content (AvgIpc) is 3.14. The van der Waals surface area contributed by atoms with Gasteiger partial charge in [-0.3, -0.25) is 14.5 Å². The lowest BCUT2D eigenvalue weighted by molar-refractivity contribution is -0.131. The van der Waals surface area contributed by atoms with E-state index in [4.69, 9.17) is 5.11 Å². The van der Waals surface area contributed by atoms with Gasteiger partial charge in [-0.25, -0.2) is 4.79 Å². The van der Waals surface area contributed by atoms with Crippen molar-refractivity contribution in [1.82, 2.24) is 9.80 Å². The topological polar surface area (TPSA) is 77.9 Å². The Kier molecular flexibility index (Phi) is 8.70. The van der Waals surface area contributed by atoms with Crippen molar-refractivity contribution in [2.24, 2.45) is 0 Å². The summed E-state index contributed by atoms with van der Waals surface area (Å²) in [5.41, 5.74) is 0. The molecule has 1 amide bonds. The van der Waals surface area contributed by atoms with Crippen LogP contribution in [0.5, 0.6) is 0 Å². The molecule has 2 saturated heterocycles. The lowest BCUT2D eigenvalue weighted by atomic mass is 10.4. The van der Waals surface area contributed by atoms with Crippen LogP contribution in [0, 0.1) is 11.8 Å². The molecule has 0 aromatic carbocycles. The van der Waals surface area contributed by atoms with Gasteiger partial charge in [0.15, 0.2) is 5.78 Å². The van der Waals surface area contributed by atoms with Crippen LogP contribution in [0.2, 0.25) is 0 Å². The van der Waals surface area contributed by atoms with Gasteiger partial charge in [0, 0.05) is 19.0 Å². The first-order chi connectivity index (χ1) is 11.0. The highest BCUT2D eigenvalue weighted by molar-refractivity contribution is 5.93. The molecule has 2 rings (SSSR count).